The zero-order chi connectivity index (χ0) is 23.5. The molecule has 0 aromatic heterocycles. The first-order valence-electron chi connectivity index (χ1n) is 10.3. The summed E-state index contributed by atoms with van der Waals surface area (Å²) in [5.41, 5.74) is 0.752. The molecule has 3 aromatic rings. The highest BCUT2D eigenvalue weighted by molar-refractivity contribution is 6.51. The molecule has 1 saturated heterocycles. The molecule has 4 rings (SSSR count). The van der Waals surface area contributed by atoms with Crippen LogP contribution in [-0.2, 0) is 9.59 Å². The standard InChI is InChI=1S/C25H20N2O6/c1-2-33-20-13-11-18(12-14-20)26-22(17-9-6-10-19(15-17)27(31)32)21(24(29)25(26)30)23(28)16-7-4-3-5-8-16/h3-15,22,28H,2H2,1H3/b23-21+. The third-order valence-corrected chi connectivity index (χ3v) is 5.31. The number of rotatable bonds is 6. The van der Waals surface area contributed by atoms with E-state index in [4.69, 9.17) is 4.74 Å². The van der Waals surface area contributed by atoms with Gasteiger partial charge in [0.05, 0.1) is 23.1 Å². The van der Waals surface area contributed by atoms with Gasteiger partial charge >= 0.3 is 0 Å². The molecule has 1 heterocycles. The third kappa shape index (κ3) is 4.06. The fourth-order valence-electron chi connectivity index (χ4n) is 3.84. The summed E-state index contributed by atoms with van der Waals surface area (Å²) < 4.78 is 5.45. The van der Waals surface area contributed by atoms with Gasteiger partial charge < -0.3 is 9.84 Å². The van der Waals surface area contributed by atoms with Crippen LogP contribution < -0.4 is 9.64 Å². The number of amides is 1. The van der Waals surface area contributed by atoms with Gasteiger partial charge in [-0.25, -0.2) is 0 Å². The SMILES string of the molecule is CCOc1ccc(N2C(=O)C(=O)/C(=C(/O)c3ccccc3)C2c2cccc([N+](=O)[O-])c2)cc1. The number of ketones is 1. The molecule has 1 aliphatic heterocycles. The van der Waals surface area contributed by atoms with E-state index < -0.39 is 22.7 Å². The van der Waals surface area contributed by atoms with Gasteiger partial charge in [-0.15, -0.1) is 0 Å². The minimum Gasteiger partial charge on any atom is -0.507 e. The van der Waals surface area contributed by atoms with Gasteiger partial charge in [0, 0.05) is 23.4 Å². The van der Waals surface area contributed by atoms with Crippen molar-refractivity contribution in [3.63, 3.8) is 0 Å². The fraction of sp³-hybridized carbons (Fsp3) is 0.120. The number of benzene rings is 3. The lowest BCUT2D eigenvalue weighted by Crippen LogP contribution is -2.29. The van der Waals surface area contributed by atoms with Crippen LogP contribution in [0.2, 0.25) is 0 Å². The molecule has 0 saturated carbocycles. The molecular formula is C25H20N2O6. The van der Waals surface area contributed by atoms with Gasteiger partial charge in [0.15, 0.2) is 0 Å². The Morgan fingerprint density at radius 2 is 1.73 bits per heavy atom. The number of aliphatic hydroxyl groups is 1. The Morgan fingerprint density at radius 1 is 1.03 bits per heavy atom. The van der Waals surface area contributed by atoms with Crippen LogP contribution in [-0.4, -0.2) is 28.3 Å². The number of hydrogen-bond acceptors (Lipinski definition) is 6. The van der Waals surface area contributed by atoms with Crippen LogP contribution in [0.15, 0.2) is 84.4 Å². The lowest BCUT2D eigenvalue weighted by molar-refractivity contribution is -0.384. The van der Waals surface area contributed by atoms with E-state index in [0.717, 1.165) is 0 Å². The summed E-state index contributed by atoms with van der Waals surface area (Å²) in [6.45, 7) is 2.31. The van der Waals surface area contributed by atoms with Gasteiger partial charge in [0.25, 0.3) is 17.4 Å². The Bertz CT molecular complexity index is 1250. The number of Topliss-reactive ketones (excluding diaryl/α,β-unsaturated/α-hetero) is 1. The summed E-state index contributed by atoms with van der Waals surface area (Å²) in [5.74, 6) is -1.47. The number of non-ortho nitro benzene ring substituents is 1. The molecule has 8 nitrogen and oxygen atoms in total. The number of carbonyl (C=O) groups excluding carboxylic acids is 2. The van der Waals surface area contributed by atoms with Crippen LogP contribution in [0, 0.1) is 10.1 Å². The molecule has 1 fully saturated rings. The van der Waals surface area contributed by atoms with E-state index in [1.807, 2.05) is 6.92 Å². The van der Waals surface area contributed by atoms with Crippen LogP contribution in [0.25, 0.3) is 5.76 Å². The second kappa shape index (κ2) is 8.96. The van der Waals surface area contributed by atoms with E-state index in [1.165, 1.54) is 23.1 Å². The maximum atomic E-state index is 13.1. The molecule has 33 heavy (non-hydrogen) atoms. The molecule has 0 radical (unpaired) electrons. The second-order valence-corrected chi connectivity index (χ2v) is 7.31. The van der Waals surface area contributed by atoms with E-state index in [2.05, 4.69) is 0 Å². The highest BCUT2D eigenvalue weighted by Crippen LogP contribution is 2.43. The molecule has 0 spiro atoms. The molecule has 3 aromatic carbocycles. The second-order valence-electron chi connectivity index (χ2n) is 7.31. The molecule has 8 heteroatoms. The minimum atomic E-state index is -1.05. The quantitative estimate of drug-likeness (QED) is 0.195. The molecule has 1 amide bonds. The summed E-state index contributed by atoms with van der Waals surface area (Å²) in [7, 11) is 0. The van der Waals surface area contributed by atoms with E-state index in [0.29, 0.717) is 29.2 Å². The number of hydrogen-bond donors (Lipinski definition) is 1. The van der Waals surface area contributed by atoms with Crippen LogP contribution in [0.4, 0.5) is 11.4 Å². The average Bonchev–Trinajstić information content (AvgIpc) is 3.10. The molecule has 0 aliphatic carbocycles. The maximum Gasteiger partial charge on any atom is 0.300 e. The summed E-state index contributed by atoms with van der Waals surface area (Å²) in [6, 6.07) is 19.6. The lowest BCUT2D eigenvalue weighted by Gasteiger charge is -2.25. The third-order valence-electron chi connectivity index (χ3n) is 5.31. The Hall–Kier alpha value is -4.46. The summed E-state index contributed by atoms with van der Waals surface area (Å²) in [6.07, 6.45) is 0. The number of nitrogens with zero attached hydrogens (tertiary/aromatic N) is 2. The smallest absolute Gasteiger partial charge is 0.300 e. The van der Waals surface area contributed by atoms with E-state index in [1.54, 1.807) is 60.7 Å². The Labute approximate surface area is 189 Å². The number of ether oxygens (including phenoxy) is 1. The normalized spacial score (nSPS) is 17.2. The van der Waals surface area contributed by atoms with Crippen molar-refractivity contribution >= 4 is 28.8 Å². The van der Waals surface area contributed by atoms with Crippen molar-refractivity contribution in [3.05, 3.63) is 106 Å². The van der Waals surface area contributed by atoms with Crippen molar-refractivity contribution in [1.29, 1.82) is 0 Å². The molecule has 166 valence electrons. The fourth-order valence-corrected chi connectivity index (χ4v) is 3.84. The first kappa shape index (κ1) is 21.8. The lowest BCUT2D eigenvalue weighted by atomic mass is 9.95. The number of aliphatic hydroxyl groups excluding tert-OH is 1. The van der Waals surface area contributed by atoms with E-state index in [-0.39, 0.29) is 17.0 Å². The van der Waals surface area contributed by atoms with Crippen LogP contribution in [0.3, 0.4) is 0 Å². The Morgan fingerprint density at radius 3 is 2.36 bits per heavy atom. The predicted octanol–water partition coefficient (Wildman–Crippen LogP) is 4.62. The molecule has 1 unspecified atom stereocenters. The summed E-state index contributed by atoms with van der Waals surface area (Å²) in [5, 5.41) is 22.4. The van der Waals surface area contributed by atoms with E-state index in [9.17, 15) is 24.8 Å². The van der Waals surface area contributed by atoms with Crippen molar-refractivity contribution in [2.45, 2.75) is 13.0 Å². The first-order chi connectivity index (χ1) is 15.9. The predicted molar refractivity (Wildman–Crippen MR) is 122 cm³/mol. The zero-order valence-corrected chi connectivity index (χ0v) is 17.7. The van der Waals surface area contributed by atoms with Crippen molar-refractivity contribution < 1.29 is 24.4 Å². The van der Waals surface area contributed by atoms with Gasteiger partial charge in [-0.1, -0.05) is 42.5 Å². The number of carbonyl (C=O) groups is 2. The zero-order valence-electron chi connectivity index (χ0n) is 17.7. The van der Waals surface area contributed by atoms with Gasteiger partial charge in [0.2, 0.25) is 0 Å². The highest BCUT2D eigenvalue weighted by Gasteiger charge is 2.47. The topological polar surface area (TPSA) is 110 Å². The molecule has 1 atom stereocenters. The number of nitro groups is 1. The largest absolute Gasteiger partial charge is 0.507 e. The monoisotopic (exact) mass is 444 g/mol. The van der Waals surface area contributed by atoms with E-state index >= 15 is 0 Å². The van der Waals surface area contributed by atoms with Gasteiger partial charge in [-0.05, 0) is 36.8 Å². The van der Waals surface area contributed by atoms with Crippen molar-refractivity contribution in [3.8, 4) is 5.75 Å². The maximum absolute atomic E-state index is 13.1. The van der Waals surface area contributed by atoms with Crippen molar-refractivity contribution in [2.24, 2.45) is 0 Å². The molecule has 0 bridgehead atoms. The van der Waals surface area contributed by atoms with Crippen LogP contribution in [0.5, 0.6) is 5.75 Å². The number of nitro benzene ring substituents is 1. The van der Waals surface area contributed by atoms with Crippen LogP contribution >= 0.6 is 0 Å². The van der Waals surface area contributed by atoms with Crippen molar-refractivity contribution in [2.75, 3.05) is 11.5 Å². The summed E-state index contributed by atoms with van der Waals surface area (Å²) >= 11 is 0. The summed E-state index contributed by atoms with van der Waals surface area (Å²) in [4.78, 5) is 38.3. The van der Waals surface area contributed by atoms with Crippen molar-refractivity contribution in [1.82, 2.24) is 0 Å². The Balaban J connectivity index is 1.92. The Kier molecular flexibility index (Phi) is 5.91. The van der Waals surface area contributed by atoms with Gasteiger partial charge in [0.1, 0.15) is 11.5 Å². The highest BCUT2D eigenvalue weighted by atomic mass is 16.6. The van der Waals surface area contributed by atoms with Crippen LogP contribution in [0.1, 0.15) is 24.1 Å². The first-order valence-corrected chi connectivity index (χ1v) is 10.3. The minimum absolute atomic E-state index is 0.138. The molecular weight excluding hydrogens is 424 g/mol. The van der Waals surface area contributed by atoms with Gasteiger partial charge in [-0.2, -0.15) is 0 Å². The molecule has 1 aliphatic rings. The van der Waals surface area contributed by atoms with Gasteiger partial charge in [-0.3, -0.25) is 24.6 Å². The number of anilines is 1. The average molecular weight is 444 g/mol. The molecule has 1 N–H and O–H groups in total.